The van der Waals surface area contributed by atoms with Crippen molar-refractivity contribution in [2.75, 3.05) is 7.05 Å². The summed E-state index contributed by atoms with van der Waals surface area (Å²) in [6.45, 7) is 13.1. The number of carbonyl (C=O) groups is 1. The van der Waals surface area contributed by atoms with E-state index in [2.05, 4.69) is 67.8 Å². The molecule has 0 radical (unpaired) electrons. The number of amidine groups is 1. The second-order valence-corrected chi connectivity index (χ2v) is 8.82. The first-order chi connectivity index (χ1) is 11.3. The molecule has 142 valence electrons. The molecule has 0 aliphatic heterocycles. The summed E-state index contributed by atoms with van der Waals surface area (Å²) in [5.74, 6) is -0.332. The minimum atomic E-state index is -1.52. The minimum absolute atomic E-state index is 0.0929. The van der Waals surface area contributed by atoms with E-state index in [0.29, 0.717) is 10.4 Å². The average Bonchev–Trinajstić information content (AvgIpc) is 2.50. The van der Waals surface area contributed by atoms with Gasteiger partial charge in [0.25, 0.3) is 5.84 Å². The molecule has 6 heteroatoms. The minimum Gasteiger partial charge on any atom is -0.547 e. The van der Waals surface area contributed by atoms with E-state index in [9.17, 15) is 9.90 Å². The van der Waals surface area contributed by atoms with E-state index in [1.54, 1.807) is 18.2 Å². The van der Waals surface area contributed by atoms with E-state index in [4.69, 9.17) is 5.11 Å². The van der Waals surface area contributed by atoms with Crippen molar-refractivity contribution in [2.45, 2.75) is 58.0 Å². The smallest absolute Gasteiger partial charge is 0.257 e. The number of halogens is 1. The highest BCUT2D eigenvalue weighted by molar-refractivity contribution is 9.10. The van der Waals surface area contributed by atoms with Gasteiger partial charge in [0, 0.05) is 0 Å². The van der Waals surface area contributed by atoms with Crippen LogP contribution >= 0.6 is 15.9 Å². The van der Waals surface area contributed by atoms with E-state index >= 15 is 0 Å². The Hall–Kier alpha value is -1.40. The first kappa shape index (κ1) is 23.6. The Morgan fingerprint density at radius 3 is 1.96 bits per heavy atom. The quantitative estimate of drug-likeness (QED) is 0.387. The number of aliphatic carboxylic acids is 1. The van der Waals surface area contributed by atoms with Crippen LogP contribution in [0.2, 0.25) is 0 Å². The molecule has 25 heavy (non-hydrogen) atoms. The van der Waals surface area contributed by atoms with Crippen LogP contribution in [-0.4, -0.2) is 34.3 Å². The van der Waals surface area contributed by atoms with Gasteiger partial charge in [-0.15, -0.1) is 0 Å². The van der Waals surface area contributed by atoms with Gasteiger partial charge >= 0.3 is 0 Å². The SMILES string of the molecule is C[NH+]=C(NC(C)(C)C)C(Br)C(C)(C)C.O=C([O-])C(O)c1ccccc1. The molecule has 0 fully saturated rings. The van der Waals surface area contributed by atoms with Gasteiger partial charge in [-0.1, -0.05) is 67.0 Å². The number of aliphatic hydroxyl groups is 1. The van der Waals surface area contributed by atoms with Crippen molar-refractivity contribution in [3.63, 3.8) is 0 Å². The van der Waals surface area contributed by atoms with E-state index in [1.165, 1.54) is 12.1 Å². The van der Waals surface area contributed by atoms with Crippen LogP contribution in [-0.2, 0) is 4.79 Å². The molecule has 0 aromatic heterocycles. The largest absolute Gasteiger partial charge is 0.547 e. The van der Waals surface area contributed by atoms with Crippen LogP contribution in [0.25, 0.3) is 0 Å². The van der Waals surface area contributed by atoms with E-state index in [-0.39, 0.29) is 11.0 Å². The van der Waals surface area contributed by atoms with Crippen molar-refractivity contribution in [3.8, 4) is 0 Å². The lowest BCUT2D eigenvalue weighted by molar-refractivity contribution is -0.424. The molecule has 0 aliphatic rings. The predicted molar refractivity (Wildman–Crippen MR) is 103 cm³/mol. The van der Waals surface area contributed by atoms with E-state index in [0.717, 1.165) is 5.84 Å². The monoisotopic (exact) mass is 414 g/mol. The van der Waals surface area contributed by atoms with Gasteiger partial charge in [-0.2, -0.15) is 0 Å². The third-order valence-electron chi connectivity index (χ3n) is 3.13. The Balaban J connectivity index is 0.000000472. The summed E-state index contributed by atoms with van der Waals surface area (Å²) in [6.07, 6.45) is -1.52. The molecular weight excluding hydrogens is 384 g/mol. The van der Waals surface area contributed by atoms with E-state index in [1.807, 2.05) is 7.05 Å². The normalized spacial score (nSPS) is 14.8. The number of carboxylic acids is 1. The number of benzene rings is 1. The Kier molecular flexibility index (Phi) is 9.37. The lowest BCUT2D eigenvalue weighted by Gasteiger charge is -2.27. The van der Waals surface area contributed by atoms with Crippen molar-refractivity contribution in [1.29, 1.82) is 0 Å². The van der Waals surface area contributed by atoms with Crippen molar-refractivity contribution in [1.82, 2.24) is 5.32 Å². The summed E-state index contributed by atoms with van der Waals surface area (Å²) < 4.78 is 0. The average molecular weight is 415 g/mol. The van der Waals surface area contributed by atoms with Gasteiger partial charge in [0.05, 0.1) is 18.6 Å². The van der Waals surface area contributed by atoms with Crippen molar-refractivity contribution >= 4 is 27.7 Å². The summed E-state index contributed by atoms with van der Waals surface area (Å²) in [7, 11) is 1.95. The lowest BCUT2D eigenvalue weighted by Crippen LogP contribution is -2.76. The molecule has 3 N–H and O–H groups in total. The highest BCUT2D eigenvalue weighted by atomic mass is 79.9. The van der Waals surface area contributed by atoms with Crippen LogP contribution in [0, 0.1) is 5.41 Å². The standard InChI is InChI=1S/C11H23BrN2.C8H8O3/c1-10(2,3)8(12)9(13-7)14-11(4,5)6;9-7(8(10)11)6-4-2-1-3-5-6/h8H,1-7H3,(H,13,14);1-5,7,9H,(H,10,11). The number of aliphatic hydroxyl groups excluding tert-OH is 1. The molecule has 1 aromatic carbocycles. The Bertz CT molecular complexity index is 560. The molecule has 1 rings (SSSR count). The van der Waals surface area contributed by atoms with Crippen LogP contribution in [0.5, 0.6) is 0 Å². The van der Waals surface area contributed by atoms with Crippen LogP contribution < -0.4 is 15.4 Å². The number of rotatable bonds is 3. The predicted octanol–water partition coefficient (Wildman–Crippen LogP) is 0.763. The second kappa shape index (κ2) is 9.92. The number of carbonyl (C=O) groups excluding carboxylic acids is 1. The fraction of sp³-hybridized carbons (Fsp3) is 0.579. The number of nitrogens with one attached hydrogen (secondary N) is 2. The van der Waals surface area contributed by atoms with Crippen LogP contribution in [0.15, 0.2) is 30.3 Å². The zero-order valence-electron chi connectivity index (χ0n) is 16.2. The maximum Gasteiger partial charge on any atom is 0.257 e. The number of carboxylic acid groups (broad SMARTS) is 1. The topological polar surface area (TPSA) is 86.4 Å². The summed E-state index contributed by atoms with van der Waals surface area (Å²) in [6, 6.07) is 8.11. The summed E-state index contributed by atoms with van der Waals surface area (Å²) in [5.41, 5.74) is 0.638. The third kappa shape index (κ3) is 9.60. The first-order valence-corrected chi connectivity index (χ1v) is 9.12. The Labute approximate surface area is 159 Å². The summed E-state index contributed by atoms with van der Waals surface area (Å²) in [5, 5.41) is 22.5. The molecule has 5 nitrogen and oxygen atoms in total. The van der Waals surface area contributed by atoms with Crippen molar-refractivity contribution < 1.29 is 20.0 Å². The number of alkyl halides is 1. The molecule has 0 aliphatic carbocycles. The van der Waals surface area contributed by atoms with E-state index < -0.39 is 12.1 Å². The van der Waals surface area contributed by atoms with Gasteiger partial charge < -0.3 is 15.0 Å². The van der Waals surface area contributed by atoms with Gasteiger partial charge in [0.15, 0.2) is 0 Å². The third-order valence-corrected chi connectivity index (χ3v) is 4.96. The fourth-order valence-corrected chi connectivity index (χ4v) is 2.20. The molecule has 0 saturated heterocycles. The Morgan fingerprint density at radius 1 is 1.16 bits per heavy atom. The maximum atomic E-state index is 10.1. The molecule has 0 amide bonds. The highest BCUT2D eigenvalue weighted by Gasteiger charge is 2.33. The maximum absolute atomic E-state index is 10.1. The highest BCUT2D eigenvalue weighted by Crippen LogP contribution is 2.26. The summed E-state index contributed by atoms with van der Waals surface area (Å²) in [4.78, 5) is 13.7. The van der Waals surface area contributed by atoms with Gasteiger partial charge in [-0.3, -0.25) is 10.3 Å². The molecule has 0 saturated carbocycles. The zero-order valence-corrected chi connectivity index (χ0v) is 17.8. The molecule has 2 atom stereocenters. The van der Waals surface area contributed by atoms with Crippen LogP contribution in [0.4, 0.5) is 0 Å². The zero-order chi connectivity index (χ0) is 19.8. The molecule has 0 bridgehead atoms. The van der Waals surface area contributed by atoms with Gasteiger partial charge in [0.2, 0.25) is 0 Å². The van der Waals surface area contributed by atoms with Crippen LogP contribution in [0.1, 0.15) is 53.2 Å². The van der Waals surface area contributed by atoms with Gasteiger partial charge in [0.1, 0.15) is 10.9 Å². The molecule has 0 heterocycles. The molecule has 2 unspecified atom stereocenters. The van der Waals surface area contributed by atoms with Crippen LogP contribution in [0.3, 0.4) is 0 Å². The molecule has 1 aromatic rings. The number of hydrogen-bond donors (Lipinski definition) is 3. The van der Waals surface area contributed by atoms with Crippen molar-refractivity contribution in [2.24, 2.45) is 5.41 Å². The molecular formula is C19H31BrN2O3. The van der Waals surface area contributed by atoms with Crippen molar-refractivity contribution in [3.05, 3.63) is 35.9 Å². The number of hydrogen-bond acceptors (Lipinski definition) is 3. The second-order valence-electron chi connectivity index (χ2n) is 7.90. The molecule has 0 spiro atoms. The Morgan fingerprint density at radius 2 is 1.64 bits per heavy atom. The summed E-state index contributed by atoms with van der Waals surface area (Å²) >= 11 is 3.72. The van der Waals surface area contributed by atoms with Gasteiger partial charge in [-0.25, -0.2) is 0 Å². The lowest BCUT2D eigenvalue weighted by atomic mass is 9.91. The first-order valence-electron chi connectivity index (χ1n) is 8.20. The van der Waals surface area contributed by atoms with Gasteiger partial charge in [-0.05, 0) is 31.7 Å². The fourth-order valence-electron chi connectivity index (χ4n) is 1.86.